The first kappa shape index (κ1) is 22.4. The molecule has 0 aliphatic heterocycles. The second kappa shape index (κ2) is 9.76. The number of nitrogens with one attached hydrogen (secondary N) is 1. The molecule has 1 aromatic heterocycles. The SMILES string of the molecule is C=CCc1ccccc1-[n+]1c(Sc2ccccc2)sc(NC(C)(C)C)c1-c1ccccc1. The predicted molar refractivity (Wildman–Crippen MR) is 139 cm³/mol. The third-order valence-corrected chi connectivity index (χ3v) is 7.11. The first-order valence-corrected chi connectivity index (χ1v) is 12.4. The van der Waals surface area contributed by atoms with Gasteiger partial charge in [0.1, 0.15) is 0 Å². The summed E-state index contributed by atoms with van der Waals surface area (Å²) in [4.78, 5) is 1.23. The van der Waals surface area contributed by atoms with Crippen LogP contribution in [0.4, 0.5) is 5.00 Å². The number of allylic oxidation sites excluding steroid dienone is 1. The van der Waals surface area contributed by atoms with Crippen LogP contribution < -0.4 is 9.88 Å². The molecule has 2 nitrogen and oxygen atoms in total. The highest BCUT2D eigenvalue weighted by Gasteiger charge is 2.33. The molecule has 32 heavy (non-hydrogen) atoms. The highest BCUT2D eigenvalue weighted by atomic mass is 32.2. The molecule has 1 N–H and O–H groups in total. The quantitative estimate of drug-likeness (QED) is 0.225. The van der Waals surface area contributed by atoms with Crippen LogP contribution in [0.25, 0.3) is 16.9 Å². The molecule has 0 fully saturated rings. The molecule has 0 spiro atoms. The normalized spacial score (nSPS) is 11.3. The van der Waals surface area contributed by atoms with Gasteiger partial charge in [-0.05, 0) is 74.6 Å². The van der Waals surface area contributed by atoms with E-state index in [0.29, 0.717) is 0 Å². The molecular weight excluding hydrogens is 428 g/mol. The second-order valence-corrected chi connectivity index (χ2v) is 11.0. The molecule has 1 heterocycles. The molecular formula is C28H29N2S2+. The summed E-state index contributed by atoms with van der Waals surface area (Å²) in [6.45, 7) is 10.6. The van der Waals surface area contributed by atoms with Crippen molar-refractivity contribution in [2.24, 2.45) is 0 Å². The fourth-order valence-electron chi connectivity index (χ4n) is 3.59. The van der Waals surface area contributed by atoms with Crippen molar-refractivity contribution in [1.29, 1.82) is 0 Å². The summed E-state index contributed by atoms with van der Waals surface area (Å²) in [5.74, 6) is 0. The molecule has 3 aromatic carbocycles. The molecule has 0 saturated heterocycles. The van der Waals surface area contributed by atoms with Crippen molar-refractivity contribution in [3.05, 3.63) is 103 Å². The van der Waals surface area contributed by atoms with Crippen LogP contribution in [0.2, 0.25) is 0 Å². The third-order valence-electron chi connectivity index (χ3n) is 4.89. The molecule has 0 radical (unpaired) electrons. The minimum absolute atomic E-state index is 0.0540. The van der Waals surface area contributed by atoms with E-state index < -0.39 is 0 Å². The van der Waals surface area contributed by atoms with Gasteiger partial charge in [-0.25, -0.2) is 0 Å². The minimum atomic E-state index is -0.0540. The Hall–Kier alpha value is -2.82. The van der Waals surface area contributed by atoms with Crippen LogP contribution in [0.3, 0.4) is 0 Å². The lowest BCUT2D eigenvalue weighted by Gasteiger charge is -2.20. The molecule has 4 aromatic rings. The van der Waals surface area contributed by atoms with Crippen LogP contribution in [0.15, 0.2) is 107 Å². The number of nitrogens with zero attached hydrogens (tertiary/aromatic N) is 1. The zero-order valence-electron chi connectivity index (χ0n) is 18.8. The summed E-state index contributed by atoms with van der Waals surface area (Å²) < 4.78 is 3.64. The first-order chi connectivity index (χ1) is 15.5. The number of hydrogen-bond donors (Lipinski definition) is 1. The monoisotopic (exact) mass is 457 g/mol. The van der Waals surface area contributed by atoms with E-state index in [4.69, 9.17) is 0 Å². The predicted octanol–water partition coefficient (Wildman–Crippen LogP) is 7.78. The molecule has 0 atom stereocenters. The number of para-hydroxylation sites is 1. The van der Waals surface area contributed by atoms with E-state index in [0.717, 1.165) is 6.42 Å². The lowest BCUT2D eigenvalue weighted by Crippen LogP contribution is -2.35. The molecule has 162 valence electrons. The van der Waals surface area contributed by atoms with E-state index >= 15 is 0 Å². The third kappa shape index (κ3) is 5.14. The largest absolute Gasteiger partial charge is 0.367 e. The number of aromatic nitrogens is 1. The van der Waals surface area contributed by atoms with Gasteiger partial charge in [-0.3, -0.25) is 0 Å². The maximum absolute atomic E-state index is 3.99. The van der Waals surface area contributed by atoms with Crippen molar-refractivity contribution in [1.82, 2.24) is 0 Å². The molecule has 0 saturated carbocycles. The Labute approximate surface area is 199 Å². The van der Waals surface area contributed by atoms with E-state index in [2.05, 4.69) is 122 Å². The maximum atomic E-state index is 3.99. The topological polar surface area (TPSA) is 15.9 Å². The Morgan fingerprint density at radius 3 is 2.19 bits per heavy atom. The molecule has 0 aliphatic rings. The van der Waals surface area contributed by atoms with Crippen molar-refractivity contribution >= 4 is 28.1 Å². The molecule has 0 bridgehead atoms. The zero-order chi connectivity index (χ0) is 22.6. The van der Waals surface area contributed by atoms with Crippen molar-refractivity contribution in [2.75, 3.05) is 5.32 Å². The van der Waals surface area contributed by atoms with E-state index in [1.165, 1.54) is 36.7 Å². The van der Waals surface area contributed by atoms with Gasteiger partial charge in [-0.2, -0.15) is 0 Å². The van der Waals surface area contributed by atoms with E-state index in [1.54, 1.807) is 0 Å². The fraction of sp³-hybridized carbons (Fsp3) is 0.179. The van der Waals surface area contributed by atoms with Gasteiger partial charge in [0.25, 0.3) is 5.69 Å². The number of thiazole rings is 1. The van der Waals surface area contributed by atoms with Crippen LogP contribution in [0, 0.1) is 0 Å². The van der Waals surface area contributed by atoms with Gasteiger partial charge in [-0.15, -0.1) is 11.1 Å². The van der Waals surface area contributed by atoms with Gasteiger partial charge in [0, 0.05) is 27.6 Å². The average Bonchev–Trinajstić information content (AvgIpc) is 3.11. The van der Waals surface area contributed by atoms with Crippen molar-refractivity contribution in [3.63, 3.8) is 0 Å². The van der Waals surface area contributed by atoms with Gasteiger partial charge in [0.05, 0.1) is 0 Å². The van der Waals surface area contributed by atoms with Crippen LogP contribution in [0.1, 0.15) is 26.3 Å². The van der Waals surface area contributed by atoms with Gasteiger partial charge in [0.15, 0.2) is 5.00 Å². The first-order valence-electron chi connectivity index (χ1n) is 10.8. The fourth-order valence-corrected chi connectivity index (χ4v) is 6.19. The van der Waals surface area contributed by atoms with Crippen LogP contribution in [0.5, 0.6) is 0 Å². The van der Waals surface area contributed by atoms with E-state index in [9.17, 15) is 0 Å². The highest BCUT2D eigenvalue weighted by molar-refractivity contribution is 8.01. The van der Waals surface area contributed by atoms with E-state index in [-0.39, 0.29) is 5.54 Å². The lowest BCUT2D eigenvalue weighted by atomic mass is 10.1. The maximum Gasteiger partial charge on any atom is 0.310 e. The van der Waals surface area contributed by atoms with Crippen LogP contribution in [-0.4, -0.2) is 5.54 Å². The van der Waals surface area contributed by atoms with Crippen LogP contribution >= 0.6 is 23.1 Å². The molecule has 4 heteroatoms. The summed E-state index contributed by atoms with van der Waals surface area (Å²) in [5, 5.41) is 4.96. The summed E-state index contributed by atoms with van der Waals surface area (Å²) in [5.41, 5.74) is 4.80. The Kier molecular flexibility index (Phi) is 6.83. The summed E-state index contributed by atoms with van der Waals surface area (Å²) >= 11 is 3.62. The van der Waals surface area contributed by atoms with Gasteiger partial charge < -0.3 is 5.32 Å². The Morgan fingerprint density at radius 2 is 1.53 bits per heavy atom. The van der Waals surface area contributed by atoms with Crippen molar-refractivity contribution < 1.29 is 4.57 Å². The summed E-state index contributed by atoms with van der Waals surface area (Å²) in [6.07, 6.45) is 2.80. The van der Waals surface area contributed by atoms with E-state index in [1.807, 2.05) is 29.2 Å². The molecule has 4 rings (SSSR count). The average molecular weight is 458 g/mol. The number of anilines is 1. The van der Waals surface area contributed by atoms with Crippen LogP contribution in [-0.2, 0) is 6.42 Å². The Morgan fingerprint density at radius 1 is 0.906 bits per heavy atom. The molecule has 0 amide bonds. The summed E-state index contributed by atoms with van der Waals surface area (Å²) in [7, 11) is 0. The Bertz CT molecular complexity index is 1190. The number of benzene rings is 3. The lowest BCUT2D eigenvalue weighted by molar-refractivity contribution is -0.617. The van der Waals surface area contributed by atoms with Gasteiger partial charge in [0.2, 0.25) is 5.69 Å². The van der Waals surface area contributed by atoms with Gasteiger partial charge in [-0.1, -0.05) is 60.7 Å². The number of hydrogen-bond acceptors (Lipinski definition) is 3. The van der Waals surface area contributed by atoms with Gasteiger partial charge >= 0.3 is 4.34 Å². The van der Waals surface area contributed by atoms with Crippen molar-refractivity contribution in [2.45, 2.75) is 42.0 Å². The summed E-state index contributed by atoms with van der Waals surface area (Å²) in [6, 6.07) is 29.9. The van der Waals surface area contributed by atoms with Crippen molar-refractivity contribution in [3.8, 4) is 16.9 Å². The Balaban J connectivity index is 2.00. The number of rotatable bonds is 7. The molecule has 0 unspecified atom stereocenters. The minimum Gasteiger partial charge on any atom is -0.367 e. The highest BCUT2D eigenvalue weighted by Crippen LogP contribution is 2.41. The zero-order valence-corrected chi connectivity index (χ0v) is 20.5. The molecule has 0 aliphatic carbocycles. The second-order valence-electron chi connectivity index (χ2n) is 8.66. The smallest absolute Gasteiger partial charge is 0.310 e. The standard InChI is InChI=1S/C28H29N2S2/c1-5-14-21-15-12-13-20-24(21)30-25(22-16-8-6-9-17-22)26(29-28(2,3)4)32-27(30)31-23-18-10-7-11-19-23/h5-13,15-20,29H,1,14H2,2-4H3/q+1.